The molecule has 2 aromatic heterocycles. The first kappa shape index (κ1) is 20.6. The van der Waals surface area contributed by atoms with Gasteiger partial charge in [-0.2, -0.15) is 5.26 Å². The van der Waals surface area contributed by atoms with E-state index in [-0.39, 0.29) is 5.92 Å². The standard InChI is InChI=1S/C26H28N4O2/c1-15-5-10-18(16-6-7-16)20(13-15)28-22-12-11-21-23(29-22)19(14-27)24(17-8-9-17)30(21)25(31)32-26(2,3)4/h5,10-13,16-17H,6-9H2,1-4H3,(H,28,29). The molecule has 0 aliphatic heterocycles. The van der Waals surface area contributed by atoms with Crippen LogP contribution in [0.5, 0.6) is 0 Å². The Morgan fingerprint density at radius 1 is 1.16 bits per heavy atom. The van der Waals surface area contributed by atoms with Crippen LogP contribution in [0.1, 0.15) is 80.7 Å². The average Bonchev–Trinajstić information content (AvgIpc) is 3.62. The molecule has 0 bridgehead atoms. The predicted octanol–water partition coefficient (Wildman–Crippen LogP) is 6.50. The summed E-state index contributed by atoms with van der Waals surface area (Å²) < 4.78 is 7.23. The van der Waals surface area contributed by atoms with E-state index in [0.29, 0.717) is 28.3 Å². The highest BCUT2D eigenvalue weighted by Gasteiger charge is 2.36. The van der Waals surface area contributed by atoms with E-state index in [2.05, 4.69) is 36.5 Å². The Labute approximate surface area is 188 Å². The van der Waals surface area contributed by atoms with Crippen LogP contribution in [0.15, 0.2) is 30.3 Å². The maximum Gasteiger partial charge on any atom is 0.419 e. The Kier molecular flexibility index (Phi) is 4.74. The van der Waals surface area contributed by atoms with E-state index in [0.717, 1.165) is 24.2 Å². The first-order chi connectivity index (χ1) is 15.2. The zero-order valence-electron chi connectivity index (χ0n) is 19.0. The third kappa shape index (κ3) is 3.84. The zero-order chi connectivity index (χ0) is 22.6. The molecular formula is C26H28N4O2. The molecule has 0 unspecified atom stereocenters. The van der Waals surface area contributed by atoms with Gasteiger partial charge in [-0.25, -0.2) is 14.3 Å². The number of nitriles is 1. The monoisotopic (exact) mass is 428 g/mol. The second-order valence-corrected chi connectivity index (χ2v) is 10.0. The molecule has 0 radical (unpaired) electrons. The predicted molar refractivity (Wildman–Crippen MR) is 124 cm³/mol. The second-order valence-electron chi connectivity index (χ2n) is 10.0. The molecule has 2 aliphatic carbocycles. The minimum atomic E-state index is -0.624. The van der Waals surface area contributed by atoms with Crippen LogP contribution in [0.25, 0.3) is 11.0 Å². The lowest BCUT2D eigenvalue weighted by atomic mass is 10.1. The van der Waals surface area contributed by atoms with Crippen molar-refractivity contribution in [2.24, 2.45) is 0 Å². The maximum absolute atomic E-state index is 13.1. The van der Waals surface area contributed by atoms with Crippen LogP contribution in [-0.4, -0.2) is 21.2 Å². The Bertz CT molecular complexity index is 1270. The highest BCUT2D eigenvalue weighted by Crippen LogP contribution is 2.46. The fourth-order valence-electron chi connectivity index (χ4n) is 4.27. The summed E-state index contributed by atoms with van der Waals surface area (Å²) in [5.41, 5.74) is 5.30. The summed E-state index contributed by atoms with van der Waals surface area (Å²) in [6.07, 6.45) is 3.90. The number of hydrogen-bond donors (Lipinski definition) is 1. The van der Waals surface area contributed by atoms with E-state index in [1.165, 1.54) is 24.0 Å². The maximum atomic E-state index is 13.1. The molecule has 5 rings (SSSR count). The van der Waals surface area contributed by atoms with Gasteiger partial charge in [-0.15, -0.1) is 0 Å². The number of nitrogens with zero attached hydrogens (tertiary/aromatic N) is 3. The molecule has 1 N–H and O–H groups in total. The zero-order valence-corrected chi connectivity index (χ0v) is 19.0. The summed E-state index contributed by atoms with van der Waals surface area (Å²) in [5, 5.41) is 13.5. The number of carbonyl (C=O) groups is 1. The minimum absolute atomic E-state index is 0.195. The molecule has 2 fully saturated rings. The largest absolute Gasteiger partial charge is 0.443 e. The Hall–Kier alpha value is -3.33. The number of aryl methyl sites for hydroxylation is 1. The quantitative estimate of drug-likeness (QED) is 0.513. The van der Waals surface area contributed by atoms with Crippen LogP contribution >= 0.6 is 0 Å². The number of carbonyl (C=O) groups excluding carboxylic acids is 1. The smallest absolute Gasteiger partial charge is 0.419 e. The molecule has 3 aromatic rings. The number of nitrogens with one attached hydrogen (secondary N) is 1. The van der Waals surface area contributed by atoms with E-state index in [1.807, 2.05) is 32.9 Å². The number of aromatic nitrogens is 2. The van der Waals surface area contributed by atoms with Gasteiger partial charge < -0.3 is 10.1 Å². The Morgan fingerprint density at radius 3 is 2.50 bits per heavy atom. The molecule has 164 valence electrons. The number of ether oxygens (including phenoxy) is 1. The first-order valence-electron chi connectivity index (χ1n) is 11.3. The number of anilines is 2. The lowest BCUT2D eigenvalue weighted by molar-refractivity contribution is 0.0540. The second kappa shape index (κ2) is 7.37. The fraction of sp³-hybridized carbons (Fsp3) is 0.423. The van der Waals surface area contributed by atoms with Gasteiger partial charge in [-0.05, 0) is 88.6 Å². The van der Waals surface area contributed by atoms with Gasteiger partial charge in [0.05, 0.1) is 11.2 Å². The Morgan fingerprint density at radius 2 is 1.88 bits per heavy atom. The van der Waals surface area contributed by atoms with E-state index in [9.17, 15) is 10.1 Å². The molecule has 2 saturated carbocycles. The molecule has 6 nitrogen and oxygen atoms in total. The van der Waals surface area contributed by atoms with Crippen LogP contribution in [0, 0.1) is 18.3 Å². The van der Waals surface area contributed by atoms with Gasteiger partial charge in [0.15, 0.2) is 0 Å². The summed E-state index contributed by atoms with van der Waals surface area (Å²) in [6, 6.07) is 12.5. The summed E-state index contributed by atoms with van der Waals surface area (Å²) in [6.45, 7) is 7.61. The molecule has 0 spiro atoms. The third-order valence-corrected chi connectivity index (χ3v) is 5.99. The number of pyridine rings is 1. The van der Waals surface area contributed by atoms with Gasteiger partial charge in [0.25, 0.3) is 0 Å². The first-order valence-corrected chi connectivity index (χ1v) is 11.3. The molecule has 0 atom stereocenters. The number of rotatable bonds is 4. The van der Waals surface area contributed by atoms with E-state index in [1.54, 1.807) is 4.57 Å². The van der Waals surface area contributed by atoms with Crippen molar-refractivity contribution in [2.45, 2.75) is 70.8 Å². The van der Waals surface area contributed by atoms with E-state index >= 15 is 0 Å². The van der Waals surface area contributed by atoms with E-state index in [4.69, 9.17) is 9.72 Å². The summed E-state index contributed by atoms with van der Waals surface area (Å²) >= 11 is 0. The molecule has 0 saturated heterocycles. The van der Waals surface area contributed by atoms with Crippen LogP contribution < -0.4 is 5.32 Å². The molecule has 0 amide bonds. The molecule has 1 aromatic carbocycles. The van der Waals surface area contributed by atoms with Crippen molar-refractivity contribution in [2.75, 3.05) is 5.32 Å². The van der Waals surface area contributed by atoms with Gasteiger partial charge >= 0.3 is 6.09 Å². The minimum Gasteiger partial charge on any atom is -0.443 e. The lowest BCUT2D eigenvalue weighted by Crippen LogP contribution is -2.28. The van der Waals surface area contributed by atoms with E-state index < -0.39 is 11.7 Å². The van der Waals surface area contributed by atoms with Crippen molar-refractivity contribution < 1.29 is 9.53 Å². The highest BCUT2D eigenvalue weighted by atomic mass is 16.6. The van der Waals surface area contributed by atoms with Crippen molar-refractivity contribution in [3.63, 3.8) is 0 Å². The van der Waals surface area contributed by atoms with Gasteiger partial charge in [0, 0.05) is 11.6 Å². The van der Waals surface area contributed by atoms with Crippen molar-refractivity contribution in [1.82, 2.24) is 9.55 Å². The molecule has 6 heteroatoms. The number of benzene rings is 1. The van der Waals surface area contributed by atoms with Crippen LogP contribution in [0.2, 0.25) is 0 Å². The number of hydrogen-bond acceptors (Lipinski definition) is 5. The van der Waals surface area contributed by atoms with Crippen molar-refractivity contribution >= 4 is 28.6 Å². The van der Waals surface area contributed by atoms with Gasteiger partial charge in [-0.3, -0.25) is 0 Å². The SMILES string of the molecule is Cc1ccc(C2CC2)c(Nc2ccc3c(n2)c(C#N)c(C2CC2)n3C(=O)OC(C)(C)C)c1. The summed E-state index contributed by atoms with van der Waals surface area (Å²) in [5.74, 6) is 1.47. The summed E-state index contributed by atoms with van der Waals surface area (Å²) in [7, 11) is 0. The third-order valence-electron chi connectivity index (χ3n) is 5.99. The Balaban J connectivity index is 1.60. The summed E-state index contributed by atoms with van der Waals surface area (Å²) in [4.78, 5) is 17.9. The van der Waals surface area contributed by atoms with Crippen LogP contribution in [0.4, 0.5) is 16.3 Å². The molecule has 2 heterocycles. The fourth-order valence-corrected chi connectivity index (χ4v) is 4.27. The molecular weight excluding hydrogens is 400 g/mol. The van der Waals surface area contributed by atoms with Crippen molar-refractivity contribution in [3.8, 4) is 6.07 Å². The van der Waals surface area contributed by atoms with Crippen LogP contribution in [0.3, 0.4) is 0 Å². The molecule has 2 aliphatic rings. The normalized spacial score (nSPS) is 16.1. The highest BCUT2D eigenvalue weighted by molar-refractivity contribution is 5.94. The number of fused-ring (bicyclic) bond motifs is 1. The van der Waals surface area contributed by atoms with Crippen molar-refractivity contribution in [3.05, 3.63) is 52.7 Å². The average molecular weight is 429 g/mol. The van der Waals surface area contributed by atoms with Crippen molar-refractivity contribution in [1.29, 1.82) is 5.26 Å². The topological polar surface area (TPSA) is 79.9 Å². The van der Waals surface area contributed by atoms with Gasteiger partial charge in [-0.1, -0.05) is 12.1 Å². The van der Waals surface area contributed by atoms with Gasteiger partial charge in [0.2, 0.25) is 0 Å². The van der Waals surface area contributed by atoms with Crippen LogP contribution in [-0.2, 0) is 4.74 Å². The van der Waals surface area contributed by atoms with Gasteiger partial charge in [0.1, 0.15) is 28.6 Å². The molecule has 32 heavy (non-hydrogen) atoms. The lowest BCUT2D eigenvalue weighted by Gasteiger charge is -2.21.